The summed E-state index contributed by atoms with van der Waals surface area (Å²) in [5.41, 5.74) is 1.15. The number of hydrogen-bond acceptors (Lipinski definition) is 3. The zero-order valence-corrected chi connectivity index (χ0v) is 11.5. The number of carboxylic acid groups (broad SMARTS) is 1. The number of aromatic nitrogens is 2. The maximum Gasteiger partial charge on any atom is 0.335 e. The Bertz CT molecular complexity index is 608. The van der Waals surface area contributed by atoms with Gasteiger partial charge in [0.15, 0.2) is 0 Å². The van der Waals surface area contributed by atoms with Crippen molar-refractivity contribution in [3.05, 3.63) is 53.9 Å². The molecule has 0 bridgehead atoms. The van der Waals surface area contributed by atoms with Gasteiger partial charge in [-0.05, 0) is 30.2 Å². The minimum absolute atomic E-state index is 0.0418. The van der Waals surface area contributed by atoms with Crippen molar-refractivity contribution >= 4 is 11.9 Å². The molecular weight excluding hydrogens is 270 g/mol. The van der Waals surface area contributed by atoms with Crippen LogP contribution in [0, 0.1) is 0 Å². The maximum atomic E-state index is 11.7. The SMILES string of the molecule is O=C(CCn1cccn1)NCCc1cccc(C(=O)O)c1. The lowest BCUT2D eigenvalue weighted by Gasteiger charge is -2.06. The van der Waals surface area contributed by atoms with Crippen LogP contribution in [0.3, 0.4) is 0 Å². The molecule has 0 fully saturated rings. The first-order chi connectivity index (χ1) is 10.1. The quantitative estimate of drug-likeness (QED) is 0.804. The highest BCUT2D eigenvalue weighted by Crippen LogP contribution is 2.05. The van der Waals surface area contributed by atoms with E-state index in [1.807, 2.05) is 18.3 Å². The molecule has 0 aliphatic carbocycles. The van der Waals surface area contributed by atoms with Crippen molar-refractivity contribution in [3.8, 4) is 0 Å². The van der Waals surface area contributed by atoms with Crippen LogP contribution in [0.2, 0.25) is 0 Å². The molecule has 0 saturated heterocycles. The monoisotopic (exact) mass is 287 g/mol. The third-order valence-electron chi connectivity index (χ3n) is 3.04. The second-order valence-corrected chi connectivity index (χ2v) is 4.62. The van der Waals surface area contributed by atoms with E-state index in [9.17, 15) is 9.59 Å². The van der Waals surface area contributed by atoms with Crippen LogP contribution < -0.4 is 5.32 Å². The highest BCUT2D eigenvalue weighted by Gasteiger charge is 2.04. The first-order valence-electron chi connectivity index (χ1n) is 6.71. The predicted octanol–water partition coefficient (Wildman–Crippen LogP) is 1.33. The Morgan fingerprint density at radius 2 is 2.14 bits per heavy atom. The summed E-state index contributed by atoms with van der Waals surface area (Å²) in [7, 11) is 0. The van der Waals surface area contributed by atoms with Crippen molar-refractivity contribution in [2.45, 2.75) is 19.4 Å². The van der Waals surface area contributed by atoms with E-state index in [1.165, 1.54) is 0 Å². The van der Waals surface area contributed by atoms with E-state index in [1.54, 1.807) is 29.1 Å². The minimum Gasteiger partial charge on any atom is -0.478 e. The lowest BCUT2D eigenvalue weighted by atomic mass is 10.1. The van der Waals surface area contributed by atoms with Crippen LogP contribution in [0.4, 0.5) is 0 Å². The molecule has 1 heterocycles. The number of aromatic carboxylic acids is 1. The van der Waals surface area contributed by atoms with Crippen LogP contribution in [0.5, 0.6) is 0 Å². The Morgan fingerprint density at radius 3 is 2.86 bits per heavy atom. The molecule has 2 N–H and O–H groups in total. The molecule has 0 unspecified atom stereocenters. The molecule has 0 aliphatic rings. The zero-order chi connectivity index (χ0) is 15.1. The number of rotatable bonds is 7. The van der Waals surface area contributed by atoms with Gasteiger partial charge < -0.3 is 10.4 Å². The third kappa shape index (κ3) is 4.76. The molecule has 0 aliphatic heterocycles. The van der Waals surface area contributed by atoms with Gasteiger partial charge >= 0.3 is 5.97 Å². The standard InChI is InChI=1S/C15H17N3O3/c19-14(6-10-18-9-2-7-17-18)16-8-5-12-3-1-4-13(11-12)15(20)21/h1-4,7,9,11H,5-6,8,10H2,(H,16,19)(H,20,21). The number of carboxylic acids is 1. The second kappa shape index (κ2) is 7.23. The summed E-state index contributed by atoms with van der Waals surface area (Å²) >= 11 is 0. The molecule has 21 heavy (non-hydrogen) atoms. The number of carbonyl (C=O) groups excluding carboxylic acids is 1. The van der Waals surface area contributed by atoms with Gasteiger partial charge in [0.1, 0.15) is 0 Å². The lowest BCUT2D eigenvalue weighted by Crippen LogP contribution is -2.26. The van der Waals surface area contributed by atoms with Gasteiger partial charge in [0.05, 0.1) is 5.56 Å². The average molecular weight is 287 g/mol. The Balaban J connectivity index is 1.72. The van der Waals surface area contributed by atoms with Gasteiger partial charge in [0.25, 0.3) is 0 Å². The van der Waals surface area contributed by atoms with Crippen LogP contribution in [0.1, 0.15) is 22.3 Å². The first kappa shape index (κ1) is 14.8. The normalized spacial score (nSPS) is 10.3. The summed E-state index contributed by atoms with van der Waals surface area (Å²) in [6.07, 6.45) is 4.46. The molecule has 0 atom stereocenters. The minimum atomic E-state index is -0.944. The van der Waals surface area contributed by atoms with Crippen molar-refractivity contribution in [2.24, 2.45) is 0 Å². The largest absolute Gasteiger partial charge is 0.478 e. The van der Waals surface area contributed by atoms with Crippen molar-refractivity contribution in [2.75, 3.05) is 6.54 Å². The molecule has 1 aromatic heterocycles. The number of carbonyl (C=O) groups is 2. The van der Waals surface area contributed by atoms with Crippen LogP contribution in [0.15, 0.2) is 42.7 Å². The van der Waals surface area contributed by atoms with Gasteiger partial charge in [-0.2, -0.15) is 5.10 Å². The van der Waals surface area contributed by atoms with Crippen LogP contribution in [-0.4, -0.2) is 33.3 Å². The molecule has 110 valence electrons. The highest BCUT2D eigenvalue weighted by atomic mass is 16.4. The Hall–Kier alpha value is -2.63. The number of benzene rings is 1. The summed E-state index contributed by atoms with van der Waals surface area (Å²) < 4.78 is 1.70. The fraction of sp³-hybridized carbons (Fsp3) is 0.267. The summed E-state index contributed by atoms with van der Waals surface area (Å²) in [6.45, 7) is 1.04. The number of hydrogen-bond donors (Lipinski definition) is 2. The van der Waals surface area contributed by atoms with E-state index in [4.69, 9.17) is 5.11 Å². The summed E-state index contributed by atoms with van der Waals surface area (Å²) in [5.74, 6) is -0.986. The van der Waals surface area contributed by atoms with Crippen LogP contribution in [0.25, 0.3) is 0 Å². The van der Waals surface area contributed by atoms with Gasteiger partial charge in [-0.25, -0.2) is 4.79 Å². The summed E-state index contributed by atoms with van der Waals surface area (Å²) in [4.78, 5) is 22.5. The molecule has 1 amide bonds. The van der Waals surface area contributed by atoms with E-state index in [2.05, 4.69) is 10.4 Å². The Morgan fingerprint density at radius 1 is 1.29 bits per heavy atom. The summed E-state index contributed by atoms with van der Waals surface area (Å²) in [5, 5.41) is 15.7. The third-order valence-corrected chi connectivity index (χ3v) is 3.04. The number of nitrogens with zero attached hydrogens (tertiary/aromatic N) is 2. The van der Waals surface area contributed by atoms with Crippen molar-refractivity contribution in [1.29, 1.82) is 0 Å². The molecule has 0 radical (unpaired) electrons. The molecule has 6 nitrogen and oxygen atoms in total. The molecule has 2 aromatic rings. The maximum absolute atomic E-state index is 11.7. The van der Waals surface area contributed by atoms with Crippen molar-refractivity contribution in [3.63, 3.8) is 0 Å². The predicted molar refractivity (Wildman–Crippen MR) is 77.0 cm³/mol. The van der Waals surface area contributed by atoms with Gasteiger partial charge in [-0.1, -0.05) is 12.1 Å². The number of nitrogens with one attached hydrogen (secondary N) is 1. The van der Waals surface area contributed by atoms with Gasteiger partial charge in [0, 0.05) is 31.9 Å². The van der Waals surface area contributed by atoms with Gasteiger partial charge in [-0.3, -0.25) is 9.48 Å². The van der Waals surface area contributed by atoms with E-state index in [0.717, 1.165) is 5.56 Å². The second-order valence-electron chi connectivity index (χ2n) is 4.62. The Kier molecular flexibility index (Phi) is 5.09. The fourth-order valence-corrected chi connectivity index (χ4v) is 1.94. The zero-order valence-electron chi connectivity index (χ0n) is 11.5. The highest BCUT2D eigenvalue weighted by molar-refractivity contribution is 5.87. The van der Waals surface area contributed by atoms with Crippen LogP contribution in [-0.2, 0) is 17.8 Å². The van der Waals surface area contributed by atoms with Crippen molar-refractivity contribution < 1.29 is 14.7 Å². The first-order valence-corrected chi connectivity index (χ1v) is 6.71. The fourth-order valence-electron chi connectivity index (χ4n) is 1.94. The molecular formula is C15H17N3O3. The molecule has 6 heteroatoms. The lowest BCUT2D eigenvalue weighted by molar-refractivity contribution is -0.121. The van der Waals surface area contributed by atoms with Crippen molar-refractivity contribution in [1.82, 2.24) is 15.1 Å². The molecule has 1 aromatic carbocycles. The molecule has 2 rings (SSSR count). The average Bonchev–Trinajstić information content (AvgIpc) is 2.99. The smallest absolute Gasteiger partial charge is 0.335 e. The topological polar surface area (TPSA) is 84.2 Å². The molecule has 0 spiro atoms. The van der Waals surface area contributed by atoms with E-state index in [-0.39, 0.29) is 11.5 Å². The van der Waals surface area contributed by atoms with E-state index in [0.29, 0.717) is 25.9 Å². The van der Waals surface area contributed by atoms with Gasteiger partial charge in [0.2, 0.25) is 5.91 Å². The molecule has 0 saturated carbocycles. The number of amides is 1. The summed E-state index contributed by atoms with van der Waals surface area (Å²) in [6, 6.07) is 8.54. The van der Waals surface area contributed by atoms with Crippen LogP contribution >= 0.6 is 0 Å². The van der Waals surface area contributed by atoms with E-state index < -0.39 is 5.97 Å². The van der Waals surface area contributed by atoms with Gasteiger partial charge in [-0.15, -0.1) is 0 Å². The Labute approximate surface area is 122 Å². The van der Waals surface area contributed by atoms with E-state index >= 15 is 0 Å². The number of aryl methyl sites for hydroxylation is 1.